The van der Waals surface area contributed by atoms with Crippen molar-refractivity contribution in [2.75, 3.05) is 5.32 Å². The first-order valence-corrected chi connectivity index (χ1v) is 7.68. The van der Waals surface area contributed by atoms with Crippen LogP contribution >= 0.6 is 0 Å². The summed E-state index contributed by atoms with van der Waals surface area (Å²) in [7, 11) is 0. The van der Waals surface area contributed by atoms with Crippen LogP contribution in [0.3, 0.4) is 0 Å². The molecule has 0 aromatic carbocycles. The van der Waals surface area contributed by atoms with Gasteiger partial charge in [0.1, 0.15) is 17.5 Å². The number of ether oxygens (including phenoxy) is 1. The number of carbonyl (C=O) groups excluding carboxylic acids is 2. The van der Waals surface area contributed by atoms with Crippen LogP contribution in [-0.2, 0) is 4.74 Å². The zero-order chi connectivity index (χ0) is 18.2. The summed E-state index contributed by atoms with van der Waals surface area (Å²) in [5.74, 6) is -0.637. The van der Waals surface area contributed by atoms with Gasteiger partial charge in [0.05, 0.1) is 0 Å². The van der Waals surface area contributed by atoms with E-state index < -0.39 is 17.5 Å². The normalized spacial score (nSPS) is 11.5. The fraction of sp³-hybridized carbons (Fsp3) is 0.294. The monoisotopic (exact) mass is 342 g/mol. The zero-order valence-electron chi connectivity index (χ0n) is 14.4. The molecule has 3 rings (SSSR count). The molecule has 3 heterocycles. The summed E-state index contributed by atoms with van der Waals surface area (Å²) in [5.41, 5.74) is 0.0688. The summed E-state index contributed by atoms with van der Waals surface area (Å²) in [5, 5.41) is 2.60. The molecule has 8 heteroatoms. The van der Waals surface area contributed by atoms with Gasteiger partial charge in [0.2, 0.25) is 0 Å². The summed E-state index contributed by atoms with van der Waals surface area (Å²) in [6.07, 6.45) is 2.92. The minimum atomic E-state index is -0.680. The number of carbonyl (C=O) groups is 2. The van der Waals surface area contributed by atoms with Crippen LogP contribution in [-0.4, -0.2) is 31.8 Å². The number of rotatable bonds is 3. The second kappa shape index (κ2) is 6.04. The van der Waals surface area contributed by atoms with E-state index in [1.165, 1.54) is 6.26 Å². The third-order valence-corrected chi connectivity index (χ3v) is 3.21. The highest BCUT2D eigenvalue weighted by Crippen LogP contribution is 2.22. The SMILES string of the molecule is Cc1nc(C(=O)Nc2nc3ccccn3c2C(=O)OC(C)(C)C)co1. The second-order valence-corrected chi connectivity index (χ2v) is 6.45. The molecule has 1 amide bonds. The lowest BCUT2D eigenvalue weighted by molar-refractivity contribution is 0.00630. The van der Waals surface area contributed by atoms with Crippen LogP contribution in [0.2, 0.25) is 0 Å². The van der Waals surface area contributed by atoms with E-state index in [2.05, 4.69) is 15.3 Å². The molecule has 3 aromatic heterocycles. The zero-order valence-corrected chi connectivity index (χ0v) is 14.4. The van der Waals surface area contributed by atoms with Crippen molar-refractivity contribution in [3.05, 3.63) is 47.9 Å². The number of nitrogens with one attached hydrogen (secondary N) is 1. The number of oxazole rings is 1. The number of imidazole rings is 1. The van der Waals surface area contributed by atoms with Crippen LogP contribution < -0.4 is 5.32 Å². The molecule has 0 saturated carbocycles. The lowest BCUT2D eigenvalue weighted by atomic mass is 10.2. The lowest BCUT2D eigenvalue weighted by Crippen LogP contribution is -2.26. The van der Waals surface area contributed by atoms with Crippen LogP contribution in [0, 0.1) is 6.92 Å². The molecule has 3 aromatic rings. The summed E-state index contributed by atoms with van der Waals surface area (Å²) < 4.78 is 12.0. The summed E-state index contributed by atoms with van der Waals surface area (Å²) in [4.78, 5) is 33.2. The smallest absolute Gasteiger partial charge is 0.359 e. The Morgan fingerprint density at radius 1 is 1.24 bits per heavy atom. The van der Waals surface area contributed by atoms with Crippen LogP contribution in [0.25, 0.3) is 5.65 Å². The predicted octanol–water partition coefficient (Wildman–Crippen LogP) is 2.84. The summed E-state index contributed by atoms with van der Waals surface area (Å²) in [6, 6.07) is 5.27. The molecule has 130 valence electrons. The Labute approximate surface area is 143 Å². The number of fused-ring (bicyclic) bond motifs is 1. The first-order chi connectivity index (χ1) is 11.7. The quantitative estimate of drug-likeness (QED) is 0.735. The van der Waals surface area contributed by atoms with E-state index in [0.29, 0.717) is 11.5 Å². The Morgan fingerprint density at radius 3 is 2.64 bits per heavy atom. The van der Waals surface area contributed by atoms with E-state index in [1.807, 2.05) is 0 Å². The van der Waals surface area contributed by atoms with Gasteiger partial charge >= 0.3 is 5.97 Å². The van der Waals surface area contributed by atoms with Crippen molar-refractivity contribution in [3.63, 3.8) is 0 Å². The third-order valence-electron chi connectivity index (χ3n) is 3.21. The number of anilines is 1. The topological polar surface area (TPSA) is 98.7 Å². The Morgan fingerprint density at radius 2 is 2.00 bits per heavy atom. The van der Waals surface area contributed by atoms with Gasteiger partial charge in [-0.1, -0.05) is 6.07 Å². The molecule has 0 saturated heterocycles. The maximum Gasteiger partial charge on any atom is 0.359 e. The maximum absolute atomic E-state index is 12.6. The van der Waals surface area contributed by atoms with Crippen molar-refractivity contribution in [3.8, 4) is 0 Å². The van der Waals surface area contributed by atoms with Gasteiger partial charge in [0, 0.05) is 13.1 Å². The highest BCUT2D eigenvalue weighted by molar-refractivity contribution is 6.06. The van der Waals surface area contributed by atoms with E-state index in [1.54, 1.807) is 56.5 Å². The minimum absolute atomic E-state index is 0.102. The van der Waals surface area contributed by atoms with Gasteiger partial charge in [0.15, 0.2) is 23.1 Å². The molecule has 0 bridgehead atoms. The average Bonchev–Trinajstić information content (AvgIpc) is 3.08. The maximum atomic E-state index is 12.6. The third kappa shape index (κ3) is 3.52. The predicted molar refractivity (Wildman–Crippen MR) is 89.6 cm³/mol. The van der Waals surface area contributed by atoms with Crippen molar-refractivity contribution >= 4 is 23.3 Å². The van der Waals surface area contributed by atoms with Crippen molar-refractivity contribution < 1.29 is 18.7 Å². The van der Waals surface area contributed by atoms with Gasteiger partial charge in [-0.3, -0.25) is 9.20 Å². The van der Waals surface area contributed by atoms with Crippen molar-refractivity contribution in [1.82, 2.24) is 14.4 Å². The van der Waals surface area contributed by atoms with E-state index in [-0.39, 0.29) is 17.2 Å². The highest BCUT2D eigenvalue weighted by Gasteiger charge is 2.26. The number of nitrogens with zero attached hydrogens (tertiary/aromatic N) is 3. The molecule has 8 nitrogen and oxygen atoms in total. The van der Waals surface area contributed by atoms with Gasteiger partial charge in [-0.05, 0) is 32.9 Å². The lowest BCUT2D eigenvalue weighted by Gasteiger charge is -2.19. The second-order valence-electron chi connectivity index (χ2n) is 6.45. The Kier molecular flexibility index (Phi) is 4.03. The molecule has 0 fully saturated rings. The van der Waals surface area contributed by atoms with Crippen molar-refractivity contribution in [1.29, 1.82) is 0 Å². The van der Waals surface area contributed by atoms with E-state index in [0.717, 1.165) is 0 Å². The van der Waals surface area contributed by atoms with E-state index in [4.69, 9.17) is 9.15 Å². The first kappa shape index (κ1) is 16.7. The van der Waals surface area contributed by atoms with Gasteiger partial charge in [-0.15, -0.1) is 0 Å². The fourth-order valence-corrected chi connectivity index (χ4v) is 2.24. The molecule has 0 aliphatic heterocycles. The van der Waals surface area contributed by atoms with Crippen molar-refractivity contribution in [2.24, 2.45) is 0 Å². The minimum Gasteiger partial charge on any atom is -0.455 e. The molecular weight excluding hydrogens is 324 g/mol. The Bertz CT molecular complexity index is 949. The first-order valence-electron chi connectivity index (χ1n) is 7.68. The number of amides is 1. The highest BCUT2D eigenvalue weighted by atomic mass is 16.6. The molecule has 25 heavy (non-hydrogen) atoms. The van der Waals surface area contributed by atoms with Crippen LogP contribution in [0.5, 0.6) is 0 Å². The van der Waals surface area contributed by atoms with Gasteiger partial charge < -0.3 is 14.5 Å². The molecule has 0 aliphatic carbocycles. The number of esters is 1. The Balaban J connectivity index is 2.00. The number of aromatic nitrogens is 3. The molecule has 1 N–H and O–H groups in total. The van der Waals surface area contributed by atoms with Gasteiger partial charge in [-0.25, -0.2) is 14.8 Å². The number of hydrogen-bond donors (Lipinski definition) is 1. The molecule has 0 radical (unpaired) electrons. The summed E-state index contributed by atoms with van der Waals surface area (Å²) in [6.45, 7) is 6.94. The van der Waals surface area contributed by atoms with E-state index >= 15 is 0 Å². The van der Waals surface area contributed by atoms with Crippen LogP contribution in [0.1, 0.15) is 47.6 Å². The molecular formula is C17H18N4O4. The Hall–Kier alpha value is -3.16. The summed E-state index contributed by atoms with van der Waals surface area (Å²) >= 11 is 0. The van der Waals surface area contributed by atoms with Crippen molar-refractivity contribution in [2.45, 2.75) is 33.3 Å². The number of aryl methyl sites for hydroxylation is 1. The largest absolute Gasteiger partial charge is 0.455 e. The van der Waals surface area contributed by atoms with Gasteiger partial charge in [0.25, 0.3) is 5.91 Å². The average molecular weight is 342 g/mol. The number of hydrogen-bond acceptors (Lipinski definition) is 6. The molecule has 0 aliphatic rings. The number of pyridine rings is 1. The van der Waals surface area contributed by atoms with E-state index in [9.17, 15) is 9.59 Å². The fourth-order valence-electron chi connectivity index (χ4n) is 2.24. The standard InChI is InChI=1S/C17H18N4O4/c1-10-18-11(9-24-10)15(22)20-14-13(16(23)25-17(2,3)4)21-8-6-5-7-12(21)19-14/h5-9H,1-4H3,(H,20,22). The molecule has 0 atom stereocenters. The molecule has 0 unspecified atom stereocenters. The van der Waals surface area contributed by atoms with Crippen LogP contribution in [0.4, 0.5) is 5.82 Å². The molecule has 0 spiro atoms. The van der Waals surface area contributed by atoms with Gasteiger partial charge in [-0.2, -0.15) is 0 Å². The van der Waals surface area contributed by atoms with Crippen LogP contribution in [0.15, 0.2) is 35.1 Å².